The van der Waals surface area contributed by atoms with Gasteiger partial charge in [-0.2, -0.15) is 0 Å². The molecule has 0 aliphatic carbocycles. The van der Waals surface area contributed by atoms with Gasteiger partial charge in [-0.3, -0.25) is 9.69 Å². The van der Waals surface area contributed by atoms with E-state index in [1.165, 1.54) is 24.6 Å². The molecule has 1 aliphatic heterocycles. The number of esters is 1. The molecule has 0 unspecified atom stereocenters. The topological polar surface area (TPSA) is 119 Å². The van der Waals surface area contributed by atoms with Crippen LogP contribution in [0.25, 0.3) is 32.0 Å². The molecule has 3 aromatic heterocycles. The van der Waals surface area contributed by atoms with Gasteiger partial charge in [0.05, 0.1) is 28.2 Å². The first-order valence-electron chi connectivity index (χ1n) is 17.0. The quantitative estimate of drug-likeness (QED) is 0.129. The second-order valence-electron chi connectivity index (χ2n) is 12.4. The minimum Gasteiger partial charge on any atom is -0.491 e. The Morgan fingerprint density at radius 2 is 1.84 bits per heavy atom. The molecule has 6 rings (SSSR count). The van der Waals surface area contributed by atoms with Crippen molar-refractivity contribution >= 4 is 45.0 Å². The summed E-state index contributed by atoms with van der Waals surface area (Å²) in [6, 6.07) is 15.2. The molecule has 11 nitrogen and oxygen atoms in total. The number of ether oxygens (including phenoxy) is 3. The van der Waals surface area contributed by atoms with Crippen LogP contribution in [0.2, 0.25) is 5.02 Å². The normalized spacial score (nSPS) is 14.4. The maximum absolute atomic E-state index is 13.4. The van der Waals surface area contributed by atoms with Gasteiger partial charge in [-0.15, -0.1) is 11.3 Å². The number of furan rings is 1. The van der Waals surface area contributed by atoms with Gasteiger partial charge in [0, 0.05) is 58.2 Å². The second-order valence-corrected chi connectivity index (χ2v) is 13.8. The van der Waals surface area contributed by atoms with Gasteiger partial charge in [0.25, 0.3) is 0 Å². The van der Waals surface area contributed by atoms with E-state index in [1.54, 1.807) is 13.2 Å². The monoisotopic (exact) mass is 731 g/mol. The lowest BCUT2D eigenvalue weighted by molar-refractivity contribution is -0.151. The van der Waals surface area contributed by atoms with E-state index in [0.717, 1.165) is 65.4 Å². The molecule has 1 aliphatic rings. The van der Waals surface area contributed by atoms with Crippen LogP contribution in [-0.4, -0.2) is 90.7 Å². The van der Waals surface area contributed by atoms with E-state index < -0.39 is 12.1 Å². The van der Waals surface area contributed by atoms with Gasteiger partial charge in [0.1, 0.15) is 29.3 Å². The van der Waals surface area contributed by atoms with Crippen LogP contribution in [0.4, 0.5) is 0 Å². The number of likely N-dealkylation sites (N-methyl/N-ethyl adjacent to an activating group) is 1. The average Bonchev–Trinajstić information content (AvgIpc) is 3.80. The number of hydrogen-bond acceptors (Lipinski definition) is 11. The first-order valence-corrected chi connectivity index (χ1v) is 18.2. The number of piperazine rings is 1. The summed E-state index contributed by atoms with van der Waals surface area (Å²) >= 11 is 8.46. The first-order chi connectivity index (χ1) is 24.7. The molecule has 0 saturated carbocycles. The number of halogens is 1. The molecule has 13 heteroatoms. The van der Waals surface area contributed by atoms with Crippen LogP contribution in [0.3, 0.4) is 0 Å². The van der Waals surface area contributed by atoms with E-state index >= 15 is 0 Å². The van der Waals surface area contributed by atoms with Gasteiger partial charge in [-0.1, -0.05) is 41.9 Å². The summed E-state index contributed by atoms with van der Waals surface area (Å²) in [7, 11) is 2.14. The van der Waals surface area contributed by atoms with Crippen molar-refractivity contribution in [1.82, 2.24) is 25.1 Å². The largest absolute Gasteiger partial charge is 0.491 e. The Labute approximate surface area is 306 Å². The number of nitrogens with zero attached hydrogens (tertiary/aromatic N) is 4. The number of carbonyl (C=O) groups excluding carboxylic acids is 2. The summed E-state index contributed by atoms with van der Waals surface area (Å²) in [5.74, 6) is 0.808. The highest BCUT2D eigenvalue weighted by Crippen LogP contribution is 2.49. The molecule has 268 valence electrons. The van der Waals surface area contributed by atoms with Crippen molar-refractivity contribution in [2.75, 3.05) is 53.0 Å². The zero-order valence-corrected chi connectivity index (χ0v) is 30.8. The number of rotatable bonds is 14. The van der Waals surface area contributed by atoms with E-state index in [4.69, 9.17) is 30.2 Å². The van der Waals surface area contributed by atoms with Crippen LogP contribution in [-0.2, 0) is 27.3 Å². The van der Waals surface area contributed by atoms with Crippen LogP contribution in [0.1, 0.15) is 30.5 Å². The van der Waals surface area contributed by atoms with Crippen LogP contribution in [0.15, 0.2) is 65.5 Å². The van der Waals surface area contributed by atoms with E-state index in [9.17, 15) is 9.59 Å². The zero-order valence-electron chi connectivity index (χ0n) is 29.2. The third kappa shape index (κ3) is 8.53. The predicted molar refractivity (Wildman–Crippen MR) is 198 cm³/mol. The van der Waals surface area contributed by atoms with Crippen molar-refractivity contribution in [2.45, 2.75) is 39.8 Å². The van der Waals surface area contributed by atoms with Crippen LogP contribution in [0, 0.1) is 6.92 Å². The van der Waals surface area contributed by atoms with Gasteiger partial charge < -0.3 is 28.8 Å². The molecule has 1 fully saturated rings. The van der Waals surface area contributed by atoms with Gasteiger partial charge in [-0.25, -0.2) is 14.8 Å². The van der Waals surface area contributed by atoms with Gasteiger partial charge in [-0.05, 0) is 61.3 Å². The number of thiophene rings is 1. The number of amides is 1. The van der Waals surface area contributed by atoms with Gasteiger partial charge in [0.2, 0.25) is 17.9 Å². The van der Waals surface area contributed by atoms with E-state index in [0.29, 0.717) is 39.9 Å². The highest BCUT2D eigenvalue weighted by Gasteiger charge is 2.29. The average molecular weight is 732 g/mol. The van der Waals surface area contributed by atoms with Crippen molar-refractivity contribution in [3.63, 3.8) is 0 Å². The fourth-order valence-electron chi connectivity index (χ4n) is 6.12. The molecule has 1 atom stereocenters. The summed E-state index contributed by atoms with van der Waals surface area (Å²) in [6.45, 7) is 11.1. The SMILES string of the molecule is CCOC(=O)[C@@H](Cc1ccccc1CNC(C)=O)Oc1ncnc2sc(-c3ccco3)c(-c3ccc(OCCN4CCN(C)CC4)c(Cl)c3C)c12. The van der Waals surface area contributed by atoms with Gasteiger partial charge >= 0.3 is 5.97 Å². The fourth-order valence-corrected chi connectivity index (χ4v) is 7.46. The van der Waals surface area contributed by atoms with Crippen molar-refractivity contribution < 1.29 is 28.2 Å². The van der Waals surface area contributed by atoms with Crippen LogP contribution in [0.5, 0.6) is 11.6 Å². The van der Waals surface area contributed by atoms with Crippen molar-refractivity contribution in [3.8, 4) is 33.4 Å². The van der Waals surface area contributed by atoms with E-state index in [2.05, 4.69) is 32.1 Å². The van der Waals surface area contributed by atoms with E-state index in [-0.39, 0.29) is 24.8 Å². The zero-order chi connectivity index (χ0) is 35.9. The molecule has 1 N–H and O–H groups in total. The highest BCUT2D eigenvalue weighted by molar-refractivity contribution is 7.22. The fraction of sp³-hybridized carbons (Fsp3) is 0.368. The third-order valence-corrected chi connectivity index (χ3v) is 10.5. The van der Waals surface area contributed by atoms with E-state index in [1.807, 2.05) is 55.5 Å². The summed E-state index contributed by atoms with van der Waals surface area (Å²) in [6.07, 6.45) is 2.20. The predicted octanol–water partition coefficient (Wildman–Crippen LogP) is 6.40. The lowest BCUT2D eigenvalue weighted by Crippen LogP contribution is -2.45. The Bertz CT molecular complexity index is 1980. The Morgan fingerprint density at radius 3 is 2.57 bits per heavy atom. The molecule has 1 saturated heterocycles. The van der Waals surface area contributed by atoms with Crippen LogP contribution < -0.4 is 14.8 Å². The minimum atomic E-state index is -1.04. The molecule has 2 aromatic carbocycles. The Hall–Kier alpha value is -4.49. The van der Waals surface area contributed by atoms with Gasteiger partial charge in [0.15, 0.2) is 0 Å². The number of fused-ring (bicyclic) bond motifs is 1. The second kappa shape index (κ2) is 16.7. The molecule has 0 bridgehead atoms. The summed E-state index contributed by atoms with van der Waals surface area (Å²) in [5.41, 5.74) is 4.12. The number of aromatic nitrogens is 2. The standard InChI is InChI=1S/C38H42ClN5O6S/c1-5-47-38(46)31(21-26-9-6-7-10-27(26)22-40-25(3)45)50-36-33-32(35(30-11-8-19-48-30)51-37(33)42-23-41-36)28-12-13-29(34(39)24(28)2)49-20-18-44-16-14-43(4)15-17-44/h6-13,19,23,31H,5,14-18,20-22H2,1-4H3,(H,40,45)/t31-/m1/s1. The molecular weight excluding hydrogens is 690 g/mol. The maximum Gasteiger partial charge on any atom is 0.347 e. The third-order valence-electron chi connectivity index (χ3n) is 8.93. The number of benzene rings is 2. The highest BCUT2D eigenvalue weighted by atomic mass is 35.5. The minimum absolute atomic E-state index is 0.149. The number of carbonyl (C=O) groups is 2. The number of hydrogen-bond donors (Lipinski definition) is 1. The van der Waals surface area contributed by atoms with Crippen molar-refractivity contribution in [3.05, 3.63) is 82.8 Å². The molecule has 0 radical (unpaired) electrons. The molecule has 4 heterocycles. The summed E-state index contributed by atoms with van der Waals surface area (Å²) < 4.78 is 24.1. The lowest BCUT2D eigenvalue weighted by atomic mass is 9.97. The van der Waals surface area contributed by atoms with Crippen LogP contribution >= 0.6 is 22.9 Å². The Kier molecular flexibility index (Phi) is 11.9. The molecule has 0 spiro atoms. The number of nitrogens with one attached hydrogen (secondary N) is 1. The smallest absolute Gasteiger partial charge is 0.347 e. The van der Waals surface area contributed by atoms with Crippen molar-refractivity contribution in [1.29, 1.82) is 0 Å². The molecular formula is C38H42ClN5O6S. The first kappa shape index (κ1) is 36.3. The summed E-state index contributed by atoms with van der Waals surface area (Å²) in [4.78, 5) is 40.5. The summed E-state index contributed by atoms with van der Waals surface area (Å²) in [5, 5.41) is 3.97. The van der Waals surface area contributed by atoms with Crippen molar-refractivity contribution in [2.24, 2.45) is 0 Å². The Balaban J connectivity index is 1.36. The Morgan fingerprint density at radius 1 is 1.06 bits per heavy atom. The molecule has 1 amide bonds. The maximum atomic E-state index is 13.4. The molecule has 51 heavy (non-hydrogen) atoms. The lowest BCUT2D eigenvalue weighted by Gasteiger charge is -2.32. The molecule has 5 aromatic rings.